The molecule has 0 aliphatic heterocycles. The molecular formula is C27H31N3O3. The van der Waals surface area contributed by atoms with E-state index in [2.05, 4.69) is 11.6 Å². The molecule has 0 saturated carbocycles. The number of nitrogens with zero attached hydrogens (tertiary/aromatic N) is 1. The standard InChI is InChI=1S/C27H31N3O3/c1-5-24(32)30(4)19-8-6-7-16(13-19)20-11-9-17(14-23(28)31)26-25(20)21-12-10-18(27(2,3)33)15-22(21)29-26/h5-9,11,13,18,29,33H,1,10,12,14-15H2,2-4H3,(H2,28,31). The van der Waals surface area contributed by atoms with Crippen molar-refractivity contribution >= 4 is 28.4 Å². The molecule has 0 radical (unpaired) electrons. The summed E-state index contributed by atoms with van der Waals surface area (Å²) in [5, 5.41) is 11.7. The van der Waals surface area contributed by atoms with E-state index < -0.39 is 5.60 Å². The molecule has 0 fully saturated rings. The number of primary amides is 1. The molecule has 4 rings (SSSR count). The zero-order valence-corrected chi connectivity index (χ0v) is 19.4. The van der Waals surface area contributed by atoms with Crippen molar-refractivity contribution in [2.75, 3.05) is 11.9 Å². The van der Waals surface area contributed by atoms with Gasteiger partial charge in [-0.15, -0.1) is 0 Å². The van der Waals surface area contributed by atoms with Crippen LogP contribution in [-0.4, -0.2) is 34.6 Å². The van der Waals surface area contributed by atoms with Crippen molar-refractivity contribution in [2.45, 2.75) is 45.1 Å². The number of aryl methyl sites for hydroxylation is 1. The number of aromatic amines is 1. The highest BCUT2D eigenvalue weighted by Gasteiger charge is 2.33. The van der Waals surface area contributed by atoms with Crippen molar-refractivity contribution in [3.8, 4) is 11.1 Å². The quantitative estimate of drug-likeness (QED) is 0.502. The van der Waals surface area contributed by atoms with Crippen LogP contribution in [0.5, 0.6) is 0 Å². The van der Waals surface area contributed by atoms with Gasteiger partial charge in [0.25, 0.3) is 0 Å². The van der Waals surface area contributed by atoms with Gasteiger partial charge in [-0.2, -0.15) is 0 Å². The summed E-state index contributed by atoms with van der Waals surface area (Å²) in [4.78, 5) is 29.0. The van der Waals surface area contributed by atoms with Crippen molar-refractivity contribution in [1.29, 1.82) is 0 Å². The van der Waals surface area contributed by atoms with Crippen LogP contribution in [0.2, 0.25) is 0 Å². The Balaban J connectivity index is 1.89. The fourth-order valence-corrected chi connectivity index (χ4v) is 4.92. The van der Waals surface area contributed by atoms with Crippen molar-refractivity contribution < 1.29 is 14.7 Å². The Labute approximate surface area is 194 Å². The SMILES string of the molecule is C=CC(=O)N(C)c1cccc(-c2ccc(CC(N)=O)c3[nH]c4c(c23)CCC(C(C)(C)O)C4)c1. The van der Waals surface area contributed by atoms with Gasteiger partial charge in [0.1, 0.15) is 0 Å². The second-order valence-corrected chi connectivity index (χ2v) is 9.49. The molecule has 6 nitrogen and oxygen atoms in total. The summed E-state index contributed by atoms with van der Waals surface area (Å²) >= 11 is 0. The Kier molecular flexibility index (Phi) is 5.89. The number of nitrogens with one attached hydrogen (secondary N) is 1. The van der Waals surface area contributed by atoms with Gasteiger partial charge < -0.3 is 20.7 Å². The molecule has 0 spiro atoms. The summed E-state index contributed by atoms with van der Waals surface area (Å²) in [5.74, 6) is -0.397. The number of rotatable bonds is 6. The average Bonchev–Trinajstić information content (AvgIpc) is 3.17. The summed E-state index contributed by atoms with van der Waals surface area (Å²) < 4.78 is 0. The monoisotopic (exact) mass is 445 g/mol. The lowest BCUT2D eigenvalue weighted by molar-refractivity contribution is -0.117. The molecule has 3 aromatic rings. The summed E-state index contributed by atoms with van der Waals surface area (Å²) in [5.41, 5.74) is 11.7. The fraction of sp³-hybridized carbons (Fsp3) is 0.333. The molecule has 1 atom stereocenters. The average molecular weight is 446 g/mol. The lowest BCUT2D eigenvalue weighted by atomic mass is 9.77. The highest BCUT2D eigenvalue weighted by Crippen LogP contribution is 2.41. The molecule has 0 bridgehead atoms. The Morgan fingerprint density at radius 1 is 1.30 bits per heavy atom. The van der Waals surface area contributed by atoms with Gasteiger partial charge in [0.2, 0.25) is 11.8 Å². The van der Waals surface area contributed by atoms with Gasteiger partial charge in [-0.3, -0.25) is 9.59 Å². The summed E-state index contributed by atoms with van der Waals surface area (Å²) in [6.07, 6.45) is 3.93. The van der Waals surface area contributed by atoms with Gasteiger partial charge >= 0.3 is 0 Å². The highest BCUT2D eigenvalue weighted by molar-refractivity contribution is 6.03. The summed E-state index contributed by atoms with van der Waals surface area (Å²) in [6, 6.07) is 11.8. The van der Waals surface area contributed by atoms with Crippen molar-refractivity contribution in [1.82, 2.24) is 4.98 Å². The maximum Gasteiger partial charge on any atom is 0.250 e. The van der Waals surface area contributed by atoms with E-state index in [1.54, 1.807) is 11.9 Å². The van der Waals surface area contributed by atoms with E-state index in [0.717, 1.165) is 58.2 Å². The maximum absolute atomic E-state index is 12.1. The number of aromatic nitrogens is 1. The van der Waals surface area contributed by atoms with Crippen LogP contribution >= 0.6 is 0 Å². The number of benzene rings is 2. The van der Waals surface area contributed by atoms with E-state index in [0.29, 0.717) is 0 Å². The highest BCUT2D eigenvalue weighted by atomic mass is 16.3. The topological polar surface area (TPSA) is 99.4 Å². The van der Waals surface area contributed by atoms with Gasteiger partial charge in [0, 0.05) is 23.8 Å². The molecule has 33 heavy (non-hydrogen) atoms. The first kappa shape index (κ1) is 22.8. The minimum Gasteiger partial charge on any atom is -0.390 e. The minimum atomic E-state index is -0.759. The fourth-order valence-electron chi connectivity index (χ4n) is 4.92. The molecule has 4 N–H and O–H groups in total. The maximum atomic E-state index is 12.1. The third-order valence-corrected chi connectivity index (χ3v) is 6.84. The number of carbonyl (C=O) groups is 2. The number of nitrogens with two attached hydrogens (primary N) is 1. The van der Waals surface area contributed by atoms with Gasteiger partial charge in [-0.25, -0.2) is 0 Å². The third kappa shape index (κ3) is 4.31. The smallest absolute Gasteiger partial charge is 0.250 e. The molecule has 0 saturated heterocycles. The Bertz CT molecular complexity index is 1250. The first-order valence-electron chi connectivity index (χ1n) is 11.3. The lowest BCUT2D eigenvalue weighted by Gasteiger charge is -2.32. The molecular weight excluding hydrogens is 414 g/mol. The minimum absolute atomic E-state index is 0.154. The first-order chi connectivity index (χ1) is 15.6. The lowest BCUT2D eigenvalue weighted by Crippen LogP contribution is -2.34. The van der Waals surface area contributed by atoms with Crippen molar-refractivity contribution in [3.05, 3.63) is 65.9 Å². The van der Waals surface area contributed by atoms with E-state index in [4.69, 9.17) is 5.73 Å². The Morgan fingerprint density at radius 2 is 2.06 bits per heavy atom. The first-order valence-corrected chi connectivity index (χ1v) is 11.3. The number of carbonyl (C=O) groups excluding carboxylic acids is 2. The van der Waals surface area contributed by atoms with Crippen LogP contribution in [0.1, 0.15) is 37.1 Å². The molecule has 2 aromatic carbocycles. The van der Waals surface area contributed by atoms with Crippen molar-refractivity contribution in [3.63, 3.8) is 0 Å². The summed E-state index contributed by atoms with van der Waals surface area (Å²) in [7, 11) is 1.73. The molecule has 172 valence electrons. The Hall–Kier alpha value is -3.38. The molecule has 6 heteroatoms. The van der Waals surface area contributed by atoms with E-state index in [9.17, 15) is 14.7 Å². The van der Waals surface area contributed by atoms with E-state index in [-0.39, 0.29) is 24.2 Å². The van der Waals surface area contributed by atoms with Gasteiger partial charge in [0.05, 0.1) is 17.5 Å². The number of fused-ring (bicyclic) bond motifs is 3. The summed E-state index contributed by atoms with van der Waals surface area (Å²) in [6.45, 7) is 7.30. The number of hydrogen-bond donors (Lipinski definition) is 3. The predicted molar refractivity (Wildman–Crippen MR) is 132 cm³/mol. The third-order valence-electron chi connectivity index (χ3n) is 6.84. The zero-order chi connectivity index (χ0) is 23.9. The number of likely N-dealkylation sites (N-methyl/N-ethyl adjacent to an activating group) is 1. The van der Waals surface area contributed by atoms with Gasteiger partial charge in [0.15, 0.2) is 0 Å². The van der Waals surface area contributed by atoms with E-state index in [1.165, 1.54) is 11.6 Å². The van der Waals surface area contributed by atoms with Gasteiger partial charge in [-0.05, 0) is 79.5 Å². The van der Waals surface area contributed by atoms with Crippen LogP contribution < -0.4 is 10.6 Å². The van der Waals surface area contributed by atoms with Crippen LogP contribution in [0, 0.1) is 5.92 Å². The molecule has 1 aliphatic carbocycles. The van der Waals surface area contributed by atoms with Crippen LogP contribution in [0.4, 0.5) is 5.69 Å². The normalized spacial score (nSPS) is 15.8. The van der Waals surface area contributed by atoms with E-state index >= 15 is 0 Å². The van der Waals surface area contributed by atoms with Gasteiger partial charge in [-0.1, -0.05) is 30.8 Å². The van der Waals surface area contributed by atoms with Crippen LogP contribution in [-0.2, 0) is 28.9 Å². The van der Waals surface area contributed by atoms with Crippen LogP contribution in [0.3, 0.4) is 0 Å². The second-order valence-electron chi connectivity index (χ2n) is 9.49. The number of aliphatic hydroxyl groups is 1. The van der Waals surface area contributed by atoms with Crippen LogP contribution in [0.15, 0.2) is 49.1 Å². The Morgan fingerprint density at radius 3 is 2.73 bits per heavy atom. The number of anilines is 1. The predicted octanol–water partition coefficient (Wildman–Crippen LogP) is 3.89. The molecule has 1 heterocycles. The van der Waals surface area contributed by atoms with Crippen molar-refractivity contribution in [2.24, 2.45) is 11.7 Å². The second kappa shape index (κ2) is 8.52. The molecule has 1 aromatic heterocycles. The largest absolute Gasteiger partial charge is 0.390 e. The zero-order valence-electron chi connectivity index (χ0n) is 19.4. The molecule has 1 unspecified atom stereocenters. The molecule has 1 aliphatic rings. The molecule has 2 amide bonds. The number of H-pyrrole nitrogens is 1. The van der Waals surface area contributed by atoms with Crippen LogP contribution in [0.25, 0.3) is 22.0 Å². The number of amides is 2. The number of hydrogen-bond acceptors (Lipinski definition) is 3. The van der Waals surface area contributed by atoms with E-state index in [1.807, 2.05) is 50.2 Å².